The van der Waals surface area contributed by atoms with Crippen LogP contribution in [0, 0.1) is 6.92 Å². The van der Waals surface area contributed by atoms with E-state index in [1.807, 2.05) is 13.8 Å². The van der Waals surface area contributed by atoms with Crippen molar-refractivity contribution < 1.29 is 4.79 Å². The Morgan fingerprint density at radius 3 is 2.76 bits per heavy atom. The molecule has 0 aliphatic carbocycles. The van der Waals surface area contributed by atoms with Crippen molar-refractivity contribution in [3.05, 3.63) is 16.1 Å². The van der Waals surface area contributed by atoms with Crippen LogP contribution in [0.3, 0.4) is 0 Å². The predicted octanol–water partition coefficient (Wildman–Crippen LogP) is 1.14. The van der Waals surface area contributed by atoms with E-state index in [-0.39, 0.29) is 11.9 Å². The lowest BCUT2D eigenvalue weighted by molar-refractivity contribution is -0.126. The predicted molar refractivity (Wildman–Crippen MR) is 86.7 cm³/mol. The fraction of sp³-hybridized carbons (Fsp3) is 0.733. The van der Waals surface area contributed by atoms with Crippen molar-refractivity contribution in [3.63, 3.8) is 0 Å². The van der Waals surface area contributed by atoms with Crippen LogP contribution in [0.2, 0.25) is 0 Å². The van der Waals surface area contributed by atoms with Crippen molar-refractivity contribution in [3.8, 4) is 0 Å². The smallest absolute Gasteiger partial charge is 0.237 e. The molecule has 21 heavy (non-hydrogen) atoms. The van der Waals surface area contributed by atoms with Gasteiger partial charge in [-0.2, -0.15) is 0 Å². The second-order valence-electron chi connectivity index (χ2n) is 5.79. The topological polar surface area (TPSA) is 48.5 Å². The Labute approximate surface area is 131 Å². The molecule has 5 nitrogen and oxygen atoms in total. The fourth-order valence-electron chi connectivity index (χ4n) is 2.49. The van der Waals surface area contributed by atoms with E-state index in [1.165, 1.54) is 0 Å². The summed E-state index contributed by atoms with van der Waals surface area (Å²) >= 11 is 1.70. The molecule has 1 aliphatic heterocycles. The molecular formula is C15H26N4OS. The third kappa shape index (κ3) is 5.05. The van der Waals surface area contributed by atoms with Gasteiger partial charge in [0.05, 0.1) is 11.0 Å². The minimum Gasteiger partial charge on any atom is -0.355 e. The Balaban J connectivity index is 1.64. The van der Waals surface area contributed by atoms with Gasteiger partial charge in [0, 0.05) is 50.2 Å². The summed E-state index contributed by atoms with van der Waals surface area (Å²) in [6, 6.07) is -0.0270. The highest BCUT2D eigenvalue weighted by atomic mass is 32.1. The number of nitrogens with one attached hydrogen (secondary N) is 1. The molecule has 1 aliphatic rings. The van der Waals surface area contributed by atoms with Crippen molar-refractivity contribution in [2.75, 3.05) is 39.8 Å². The van der Waals surface area contributed by atoms with Crippen LogP contribution in [0.4, 0.5) is 0 Å². The zero-order valence-corrected chi connectivity index (χ0v) is 14.1. The molecule has 0 aromatic carbocycles. The molecule has 0 saturated carbocycles. The number of hydrogen-bond acceptors (Lipinski definition) is 5. The highest BCUT2D eigenvalue weighted by Gasteiger charge is 2.23. The van der Waals surface area contributed by atoms with Crippen LogP contribution < -0.4 is 5.32 Å². The summed E-state index contributed by atoms with van der Waals surface area (Å²) in [7, 11) is 2.13. The number of carbonyl (C=O) groups excluding carboxylic acids is 1. The summed E-state index contributed by atoms with van der Waals surface area (Å²) in [5.41, 5.74) is 1.09. The molecule has 1 aromatic heterocycles. The lowest BCUT2D eigenvalue weighted by atomic mass is 10.2. The molecule has 2 heterocycles. The molecule has 2 rings (SSSR count). The largest absolute Gasteiger partial charge is 0.355 e. The van der Waals surface area contributed by atoms with Gasteiger partial charge in [-0.05, 0) is 27.3 Å². The summed E-state index contributed by atoms with van der Waals surface area (Å²) in [4.78, 5) is 21.2. The summed E-state index contributed by atoms with van der Waals surface area (Å²) in [5.74, 6) is 0.148. The van der Waals surface area contributed by atoms with Gasteiger partial charge < -0.3 is 10.2 Å². The number of aromatic nitrogens is 1. The molecule has 1 atom stereocenters. The van der Waals surface area contributed by atoms with E-state index in [1.54, 1.807) is 11.3 Å². The Bertz CT molecular complexity index is 454. The second kappa shape index (κ2) is 7.87. The monoisotopic (exact) mass is 310 g/mol. The molecule has 1 amide bonds. The molecule has 0 radical (unpaired) electrons. The lowest BCUT2D eigenvalue weighted by Gasteiger charge is -2.35. The highest BCUT2D eigenvalue weighted by molar-refractivity contribution is 7.09. The fourth-order valence-corrected chi connectivity index (χ4v) is 3.31. The summed E-state index contributed by atoms with van der Waals surface area (Å²) in [5, 5.41) is 6.28. The molecule has 118 valence electrons. The first-order valence-corrected chi connectivity index (χ1v) is 8.55. The van der Waals surface area contributed by atoms with E-state index in [9.17, 15) is 4.79 Å². The third-order valence-corrected chi connectivity index (χ3v) is 5.02. The molecule has 0 bridgehead atoms. The van der Waals surface area contributed by atoms with Gasteiger partial charge in [0.25, 0.3) is 0 Å². The molecule has 1 N–H and O–H groups in total. The molecule has 0 spiro atoms. The van der Waals surface area contributed by atoms with E-state index in [0.29, 0.717) is 0 Å². The zero-order chi connectivity index (χ0) is 15.2. The van der Waals surface area contributed by atoms with Crippen molar-refractivity contribution in [2.45, 2.75) is 32.7 Å². The Morgan fingerprint density at radius 1 is 1.43 bits per heavy atom. The molecule has 1 unspecified atom stereocenters. The summed E-state index contributed by atoms with van der Waals surface area (Å²) in [6.45, 7) is 8.79. The first-order chi connectivity index (χ1) is 10.1. The quantitative estimate of drug-likeness (QED) is 0.801. The first-order valence-electron chi connectivity index (χ1n) is 7.67. The molecule has 6 heteroatoms. The maximum absolute atomic E-state index is 12.2. The van der Waals surface area contributed by atoms with Crippen LogP contribution in [0.5, 0.6) is 0 Å². The maximum Gasteiger partial charge on any atom is 0.237 e. The summed E-state index contributed by atoms with van der Waals surface area (Å²) < 4.78 is 0. The van der Waals surface area contributed by atoms with Gasteiger partial charge in [0.1, 0.15) is 0 Å². The van der Waals surface area contributed by atoms with Gasteiger partial charge in [-0.25, -0.2) is 4.98 Å². The minimum atomic E-state index is -0.0270. The number of nitrogens with zero attached hydrogens (tertiary/aromatic N) is 3. The van der Waals surface area contributed by atoms with E-state index >= 15 is 0 Å². The van der Waals surface area contributed by atoms with Gasteiger partial charge in [0.15, 0.2) is 0 Å². The van der Waals surface area contributed by atoms with Crippen molar-refractivity contribution >= 4 is 17.2 Å². The van der Waals surface area contributed by atoms with Crippen LogP contribution in [-0.2, 0) is 11.2 Å². The number of thiazole rings is 1. The average Bonchev–Trinajstić information content (AvgIpc) is 2.89. The number of piperazine rings is 1. The number of hydrogen-bond donors (Lipinski definition) is 1. The summed E-state index contributed by atoms with van der Waals surface area (Å²) in [6.07, 6.45) is 1.90. The standard InChI is InChI=1S/C15H26N4OS/c1-12-11-21-14(17-12)5-4-6-16-15(20)13(2)19-9-7-18(3)8-10-19/h11,13H,4-10H2,1-3H3,(H,16,20). The van der Waals surface area contributed by atoms with Gasteiger partial charge in [-0.15, -0.1) is 11.3 Å². The molecule has 1 fully saturated rings. The molecule has 1 aromatic rings. The van der Waals surface area contributed by atoms with Gasteiger partial charge in [0.2, 0.25) is 5.91 Å². The minimum absolute atomic E-state index is 0.0270. The number of rotatable bonds is 6. The van der Waals surface area contributed by atoms with E-state index in [4.69, 9.17) is 0 Å². The third-order valence-electron chi connectivity index (χ3n) is 4.00. The maximum atomic E-state index is 12.2. The SMILES string of the molecule is Cc1csc(CCCNC(=O)C(C)N2CCN(C)CC2)n1. The van der Waals surface area contributed by atoms with Gasteiger partial charge in [-0.1, -0.05) is 0 Å². The van der Waals surface area contributed by atoms with Gasteiger partial charge >= 0.3 is 0 Å². The highest BCUT2D eigenvalue weighted by Crippen LogP contribution is 2.10. The number of aryl methyl sites for hydroxylation is 2. The van der Waals surface area contributed by atoms with Crippen LogP contribution in [-0.4, -0.2) is 66.5 Å². The average molecular weight is 310 g/mol. The normalized spacial score (nSPS) is 18.6. The molecular weight excluding hydrogens is 284 g/mol. The van der Waals surface area contributed by atoms with Crippen molar-refractivity contribution in [1.29, 1.82) is 0 Å². The number of carbonyl (C=O) groups is 1. The first kappa shape index (κ1) is 16.4. The van der Waals surface area contributed by atoms with E-state index in [0.717, 1.165) is 56.3 Å². The van der Waals surface area contributed by atoms with Gasteiger partial charge in [-0.3, -0.25) is 9.69 Å². The van der Waals surface area contributed by atoms with Crippen LogP contribution in [0.15, 0.2) is 5.38 Å². The van der Waals surface area contributed by atoms with Crippen molar-refractivity contribution in [2.24, 2.45) is 0 Å². The van der Waals surface area contributed by atoms with Crippen LogP contribution in [0.25, 0.3) is 0 Å². The van der Waals surface area contributed by atoms with Crippen LogP contribution >= 0.6 is 11.3 Å². The number of amides is 1. The number of likely N-dealkylation sites (N-methyl/N-ethyl adjacent to an activating group) is 1. The van der Waals surface area contributed by atoms with E-state index < -0.39 is 0 Å². The second-order valence-corrected chi connectivity index (χ2v) is 6.74. The lowest BCUT2D eigenvalue weighted by Crippen LogP contribution is -2.53. The Hall–Kier alpha value is -0.980. The Kier molecular flexibility index (Phi) is 6.14. The molecule has 1 saturated heterocycles. The zero-order valence-electron chi connectivity index (χ0n) is 13.3. The Morgan fingerprint density at radius 2 is 2.14 bits per heavy atom. The van der Waals surface area contributed by atoms with Crippen molar-refractivity contribution in [1.82, 2.24) is 20.1 Å². The van der Waals surface area contributed by atoms with Crippen LogP contribution in [0.1, 0.15) is 24.0 Å². The van der Waals surface area contributed by atoms with E-state index in [2.05, 4.69) is 32.5 Å².